The van der Waals surface area contributed by atoms with Gasteiger partial charge in [-0.3, -0.25) is 9.36 Å². The SMILES string of the molecule is CCn1c(=O)sc2cc(S(=O)(=O)N[C@@H](C)c3ccc4c(c3)OCCO4)ccc21. The topological polar surface area (TPSA) is 86.6 Å². The number of nitrogens with one attached hydrogen (secondary N) is 1. The maximum absolute atomic E-state index is 12.9. The van der Waals surface area contributed by atoms with Crippen LogP contribution in [0.25, 0.3) is 10.2 Å². The minimum absolute atomic E-state index is 0.0929. The molecule has 0 spiro atoms. The van der Waals surface area contributed by atoms with Crippen molar-refractivity contribution in [3.8, 4) is 11.5 Å². The number of thiazole rings is 1. The van der Waals surface area contributed by atoms with Gasteiger partial charge in [-0.15, -0.1) is 0 Å². The van der Waals surface area contributed by atoms with Crippen molar-refractivity contribution in [2.75, 3.05) is 13.2 Å². The van der Waals surface area contributed by atoms with Crippen molar-refractivity contribution < 1.29 is 17.9 Å². The van der Waals surface area contributed by atoms with Gasteiger partial charge in [-0.1, -0.05) is 17.4 Å². The average Bonchev–Trinajstić information content (AvgIpc) is 3.01. The van der Waals surface area contributed by atoms with Gasteiger partial charge in [0, 0.05) is 12.6 Å². The van der Waals surface area contributed by atoms with E-state index in [1.54, 1.807) is 35.8 Å². The standard InChI is InChI=1S/C19H20N2O5S2/c1-3-21-15-6-5-14(11-18(15)27-19(21)22)28(23,24)20-12(2)13-4-7-16-17(10-13)26-9-8-25-16/h4-7,10-12,20H,3,8-9H2,1-2H3/t12-/m0/s1. The van der Waals surface area contributed by atoms with E-state index in [0.29, 0.717) is 36.0 Å². The highest BCUT2D eigenvalue weighted by molar-refractivity contribution is 7.89. The average molecular weight is 421 g/mol. The number of fused-ring (bicyclic) bond motifs is 2. The Morgan fingerprint density at radius 2 is 1.89 bits per heavy atom. The monoisotopic (exact) mass is 420 g/mol. The lowest BCUT2D eigenvalue weighted by molar-refractivity contribution is 0.171. The van der Waals surface area contributed by atoms with E-state index in [-0.39, 0.29) is 9.77 Å². The molecule has 0 radical (unpaired) electrons. The fourth-order valence-electron chi connectivity index (χ4n) is 3.21. The van der Waals surface area contributed by atoms with E-state index < -0.39 is 16.1 Å². The van der Waals surface area contributed by atoms with Crippen LogP contribution in [0.5, 0.6) is 11.5 Å². The molecule has 0 aliphatic carbocycles. The predicted molar refractivity (Wildman–Crippen MR) is 108 cm³/mol. The molecule has 0 saturated heterocycles. The smallest absolute Gasteiger partial charge is 0.308 e. The zero-order valence-electron chi connectivity index (χ0n) is 15.5. The van der Waals surface area contributed by atoms with Crippen LogP contribution in [0.4, 0.5) is 0 Å². The van der Waals surface area contributed by atoms with Crippen molar-refractivity contribution in [3.05, 3.63) is 51.6 Å². The van der Waals surface area contributed by atoms with E-state index in [0.717, 1.165) is 22.4 Å². The molecular formula is C19H20N2O5S2. The number of aryl methyl sites for hydroxylation is 1. The Kier molecular flexibility index (Phi) is 4.90. The Morgan fingerprint density at radius 1 is 1.14 bits per heavy atom. The zero-order chi connectivity index (χ0) is 19.9. The first-order valence-corrected chi connectivity index (χ1v) is 11.2. The summed E-state index contributed by atoms with van der Waals surface area (Å²) in [5.74, 6) is 1.27. The molecule has 4 rings (SSSR count). The Morgan fingerprint density at radius 3 is 2.64 bits per heavy atom. The molecule has 0 fully saturated rings. The first kappa shape index (κ1) is 19.0. The van der Waals surface area contributed by atoms with Crippen molar-refractivity contribution in [2.45, 2.75) is 31.3 Å². The van der Waals surface area contributed by atoms with Crippen LogP contribution in [-0.4, -0.2) is 26.2 Å². The molecule has 1 aliphatic rings. The Labute approximate surface area is 166 Å². The summed E-state index contributed by atoms with van der Waals surface area (Å²) in [6.45, 7) is 5.17. The number of sulfonamides is 1. The second-order valence-electron chi connectivity index (χ2n) is 6.49. The van der Waals surface area contributed by atoms with Crippen molar-refractivity contribution in [3.63, 3.8) is 0 Å². The minimum Gasteiger partial charge on any atom is -0.486 e. The third-order valence-electron chi connectivity index (χ3n) is 4.66. The van der Waals surface area contributed by atoms with Crippen molar-refractivity contribution >= 4 is 31.6 Å². The number of benzene rings is 2. The lowest BCUT2D eigenvalue weighted by atomic mass is 10.1. The van der Waals surface area contributed by atoms with Crippen LogP contribution in [0, 0.1) is 0 Å². The molecule has 0 bridgehead atoms. The van der Waals surface area contributed by atoms with Crippen LogP contribution in [-0.2, 0) is 16.6 Å². The first-order chi connectivity index (χ1) is 13.4. The maximum Gasteiger partial charge on any atom is 0.308 e. The molecule has 1 aliphatic heterocycles. The molecule has 0 unspecified atom stereocenters. The summed E-state index contributed by atoms with van der Waals surface area (Å²) in [4.78, 5) is 12.0. The molecule has 7 nitrogen and oxygen atoms in total. The molecule has 2 heterocycles. The number of hydrogen-bond donors (Lipinski definition) is 1. The summed E-state index contributed by atoms with van der Waals surface area (Å²) in [6.07, 6.45) is 0. The molecule has 2 aromatic carbocycles. The molecule has 28 heavy (non-hydrogen) atoms. The van der Waals surface area contributed by atoms with Gasteiger partial charge in [0.1, 0.15) is 13.2 Å². The lowest BCUT2D eigenvalue weighted by Crippen LogP contribution is -2.27. The van der Waals surface area contributed by atoms with Crippen LogP contribution in [0.1, 0.15) is 25.5 Å². The molecule has 1 N–H and O–H groups in total. The second-order valence-corrected chi connectivity index (χ2v) is 9.20. The van der Waals surface area contributed by atoms with E-state index in [2.05, 4.69) is 4.72 Å². The molecular weight excluding hydrogens is 400 g/mol. The highest BCUT2D eigenvalue weighted by Gasteiger charge is 2.21. The molecule has 3 aromatic rings. The van der Waals surface area contributed by atoms with Gasteiger partial charge in [-0.2, -0.15) is 0 Å². The third-order valence-corrected chi connectivity index (χ3v) is 7.14. The molecule has 9 heteroatoms. The van der Waals surface area contributed by atoms with E-state index in [1.165, 1.54) is 6.07 Å². The van der Waals surface area contributed by atoms with E-state index >= 15 is 0 Å². The number of ether oxygens (including phenoxy) is 2. The van der Waals surface area contributed by atoms with Crippen LogP contribution >= 0.6 is 11.3 Å². The summed E-state index contributed by atoms with van der Waals surface area (Å²) in [5.41, 5.74) is 1.52. The molecule has 148 valence electrons. The van der Waals surface area contributed by atoms with Gasteiger partial charge in [0.15, 0.2) is 11.5 Å². The first-order valence-electron chi connectivity index (χ1n) is 8.94. The van der Waals surface area contributed by atoms with Crippen molar-refractivity contribution in [1.82, 2.24) is 9.29 Å². The van der Waals surface area contributed by atoms with Crippen LogP contribution in [0.2, 0.25) is 0 Å². The van der Waals surface area contributed by atoms with Gasteiger partial charge in [0.05, 0.1) is 15.1 Å². The fourth-order valence-corrected chi connectivity index (χ4v) is 5.54. The Bertz CT molecular complexity index is 1200. The van der Waals surface area contributed by atoms with Gasteiger partial charge in [-0.25, -0.2) is 13.1 Å². The lowest BCUT2D eigenvalue weighted by Gasteiger charge is -2.21. The van der Waals surface area contributed by atoms with E-state index in [4.69, 9.17) is 9.47 Å². The van der Waals surface area contributed by atoms with Gasteiger partial charge in [0.25, 0.3) is 0 Å². The van der Waals surface area contributed by atoms with Crippen LogP contribution in [0.3, 0.4) is 0 Å². The molecule has 1 aromatic heterocycles. The summed E-state index contributed by atoms with van der Waals surface area (Å²) in [7, 11) is -3.76. The Balaban J connectivity index is 1.61. The van der Waals surface area contributed by atoms with E-state index in [1.807, 2.05) is 13.0 Å². The maximum atomic E-state index is 12.9. The number of nitrogens with zero attached hydrogens (tertiary/aromatic N) is 1. The minimum atomic E-state index is -3.76. The van der Waals surface area contributed by atoms with Gasteiger partial charge < -0.3 is 9.47 Å². The van der Waals surface area contributed by atoms with E-state index in [9.17, 15) is 13.2 Å². The van der Waals surface area contributed by atoms with Gasteiger partial charge in [0.2, 0.25) is 10.0 Å². The quantitative estimate of drug-likeness (QED) is 0.686. The largest absolute Gasteiger partial charge is 0.486 e. The van der Waals surface area contributed by atoms with Crippen molar-refractivity contribution in [1.29, 1.82) is 0 Å². The zero-order valence-corrected chi connectivity index (χ0v) is 17.1. The summed E-state index contributed by atoms with van der Waals surface area (Å²) in [5, 5.41) is 0. The van der Waals surface area contributed by atoms with Gasteiger partial charge >= 0.3 is 4.87 Å². The summed E-state index contributed by atoms with van der Waals surface area (Å²) >= 11 is 1.05. The molecule has 1 atom stereocenters. The second kappa shape index (κ2) is 7.23. The highest BCUT2D eigenvalue weighted by atomic mass is 32.2. The molecule has 0 saturated carbocycles. The van der Waals surface area contributed by atoms with Crippen LogP contribution < -0.4 is 19.1 Å². The predicted octanol–water partition coefficient (Wildman–Crippen LogP) is 2.89. The number of hydrogen-bond acceptors (Lipinski definition) is 6. The van der Waals surface area contributed by atoms with Crippen molar-refractivity contribution in [2.24, 2.45) is 0 Å². The Hall–Kier alpha value is -2.36. The number of rotatable bonds is 5. The molecule has 0 amide bonds. The highest BCUT2D eigenvalue weighted by Crippen LogP contribution is 2.33. The normalized spacial score (nSPS) is 14.9. The fraction of sp³-hybridized carbons (Fsp3) is 0.316. The van der Waals surface area contributed by atoms with Gasteiger partial charge in [-0.05, 0) is 49.7 Å². The van der Waals surface area contributed by atoms with Crippen LogP contribution in [0.15, 0.2) is 46.1 Å². The summed E-state index contributed by atoms with van der Waals surface area (Å²) in [6, 6.07) is 9.68. The number of aromatic nitrogens is 1. The third kappa shape index (κ3) is 3.41. The summed E-state index contributed by atoms with van der Waals surface area (Å²) < 4.78 is 41.8.